The molecule has 1 atom stereocenters. The van der Waals surface area contributed by atoms with Gasteiger partial charge in [-0.3, -0.25) is 0 Å². The van der Waals surface area contributed by atoms with Crippen molar-refractivity contribution in [2.45, 2.75) is 45.8 Å². The van der Waals surface area contributed by atoms with Crippen LogP contribution in [0.1, 0.15) is 44.5 Å². The van der Waals surface area contributed by atoms with E-state index in [2.05, 4.69) is 54.2 Å². The molecule has 0 aromatic carbocycles. The summed E-state index contributed by atoms with van der Waals surface area (Å²) >= 11 is 5.29. The third-order valence-corrected chi connectivity index (χ3v) is 4.30. The second kappa shape index (κ2) is 8.25. The van der Waals surface area contributed by atoms with Gasteiger partial charge in [-0.1, -0.05) is 0 Å². The molecular formula is C13H22BrNOS. The lowest BCUT2D eigenvalue weighted by atomic mass is 10.2. The van der Waals surface area contributed by atoms with E-state index < -0.39 is 0 Å². The van der Waals surface area contributed by atoms with E-state index >= 15 is 0 Å². The minimum Gasteiger partial charge on any atom is -0.379 e. The Morgan fingerprint density at radius 2 is 2.06 bits per heavy atom. The Bertz CT molecular complexity index is 314. The molecule has 1 heterocycles. The van der Waals surface area contributed by atoms with E-state index in [4.69, 9.17) is 4.74 Å². The molecule has 1 unspecified atom stereocenters. The van der Waals surface area contributed by atoms with E-state index in [-0.39, 0.29) is 0 Å². The first-order valence-electron chi connectivity index (χ1n) is 6.20. The van der Waals surface area contributed by atoms with Crippen LogP contribution in [0, 0.1) is 0 Å². The number of thiophene rings is 1. The normalized spacial score (nSPS) is 13.2. The number of rotatable bonds is 8. The molecule has 1 aromatic heterocycles. The quantitative estimate of drug-likeness (QED) is 0.718. The van der Waals surface area contributed by atoms with Crippen LogP contribution in [-0.4, -0.2) is 19.3 Å². The maximum Gasteiger partial charge on any atom is 0.0701 e. The zero-order chi connectivity index (χ0) is 12.7. The average Bonchev–Trinajstić information content (AvgIpc) is 2.69. The lowest BCUT2D eigenvalue weighted by Crippen LogP contribution is -2.19. The fourth-order valence-corrected chi connectivity index (χ4v) is 2.98. The summed E-state index contributed by atoms with van der Waals surface area (Å²) in [7, 11) is 0. The van der Waals surface area contributed by atoms with Gasteiger partial charge in [0.2, 0.25) is 0 Å². The summed E-state index contributed by atoms with van der Waals surface area (Å²) in [5.41, 5.74) is 0. The van der Waals surface area contributed by atoms with Crippen molar-refractivity contribution in [3.63, 3.8) is 0 Å². The Balaban J connectivity index is 2.06. The van der Waals surface area contributed by atoms with Crippen LogP contribution >= 0.6 is 27.3 Å². The Morgan fingerprint density at radius 3 is 2.65 bits per heavy atom. The monoisotopic (exact) mass is 319 g/mol. The largest absolute Gasteiger partial charge is 0.379 e. The zero-order valence-corrected chi connectivity index (χ0v) is 13.2. The van der Waals surface area contributed by atoms with Crippen molar-refractivity contribution >= 4 is 27.3 Å². The molecule has 0 saturated carbocycles. The summed E-state index contributed by atoms with van der Waals surface area (Å²) in [6, 6.07) is 4.72. The highest BCUT2D eigenvalue weighted by molar-refractivity contribution is 9.11. The van der Waals surface area contributed by atoms with Crippen LogP contribution in [0.4, 0.5) is 0 Å². The molecule has 0 aliphatic heterocycles. The van der Waals surface area contributed by atoms with Crippen LogP contribution in [0.3, 0.4) is 0 Å². The maximum absolute atomic E-state index is 5.50. The van der Waals surface area contributed by atoms with Gasteiger partial charge in [-0.15, -0.1) is 11.3 Å². The number of ether oxygens (including phenoxy) is 1. The minimum absolute atomic E-state index is 0.352. The van der Waals surface area contributed by atoms with Crippen molar-refractivity contribution < 1.29 is 4.74 Å². The summed E-state index contributed by atoms with van der Waals surface area (Å²) in [5.74, 6) is 0. The summed E-state index contributed by atoms with van der Waals surface area (Å²) in [6.45, 7) is 8.29. The second-order valence-corrected chi connectivity index (χ2v) is 6.94. The molecule has 0 aliphatic carbocycles. The van der Waals surface area contributed by atoms with Crippen LogP contribution in [0.15, 0.2) is 15.9 Å². The van der Waals surface area contributed by atoms with Gasteiger partial charge < -0.3 is 10.1 Å². The molecule has 1 rings (SSSR count). The lowest BCUT2D eigenvalue weighted by molar-refractivity contribution is 0.0759. The van der Waals surface area contributed by atoms with E-state index in [0.29, 0.717) is 12.1 Å². The van der Waals surface area contributed by atoms with Crippen molar-refractivity contribution in [3.05, 3.63) is 20.8 Å². The van der Waals surface area contributed by atoms with Gasteiger partial charge in [0.15, 0.2) is 0 Å². The third-order valence-electron chi connectivity index (χ3n) is 2.49. The van der Waals surface area contributed by atoms with Gasteiger partial charge in [0.1, 0.15) is 0 Å². The number of unbranched alkanes of at least 4 members (excludes halogenated alkanes) is 1. The highest BCUT2D eigenvalue weighted by atomic mass is 79.9. The van der Waals surface area contributed by atoms with E-state index in [1.54, 1.807) is 11.3 Å². The van der Waals surface area contributed by atoms with Crippen molar-refractivity contribution in [1.82, 2.24) is 5.32 Å². The van der Waals surface area contributed by atoms with Gasteiger partial charge >= 0.3 is 0 Å². The van der Waals surface area contributed by atoms with Crippen LogP contribution in [-0.2, 0) is 4.74 Å². The lowest BCUT2D eigenvalue weighted by Gasteiger charge is -2.12. The van der Waals surface area contributed by atoms with Crippen LogP contribution < -0.4 is 5.32 Å². The van der Waals surface area contributed by atoms with E-state index in [1.807, 2.05) is 0 Å². The smallest absolute Gasteiger partial charge is 0.0701 e. The van der Waals surface area contributed by atoms with Gasteiger partial charge in [-0.05, 0) is 68.2 Å². The van der Waals surface area contributed by atoms with Gasteiger partial charge in [0.25, 0.3) is 0 Å². The first kappa shape index (κ1) is 15.2. The molecule has 0 aliphatic rings. The molecule has 98 valence electrons. The third kappa shape index (κ3) is 6.55. The molecule has 0 fully saturated rings. The highest BCUT2D eigenvalue weighted by Crippen LogP contribution is 2.26. The Morgan fingerprint density at radius 1 is 1.29 bits per heavy atom. The van der Waals surface area contributed by atoms with Crippen molar-refractivity contribution in [3.8, 4) is 0 Å². The molecule has 1 N–H and O–H groups in total. The second-order valence-electron chi connectivity index (χ2n) is 4.44. The summed E-state index contributed by atoms with van der Waals surface area (Å²) in [5, 5.41) is 3.53. The van der Waals surface area contributed by atoms with Crippen LogP contribution in [0.2, 0.25) is 0 Å². The molecule has 2 nitrogen and oxygen atoms in total. The summed E-state index contributed by atoms with van der Waals surface area (Å²) in [6.07, 6.45) is 2.65. The standard InChI is InChI=1S/C13H22BrNOS/c1-10(2)16-9-5-4-8-15-11(3)12-6-7-13(14)17-12/h6-7,10-11,15H,4-5,8-9H2,1-3H3. The summed E-state index contributed by atoms with van der Waals surface area (Å²) in [4.78, 5) is 1.38. The molecule has 0 radical (unpaired) electrons. The molecular weight excluding hydrogens is 298 g/mol. The topological polar surface area (TPSA) is 21.3 Å². The van der Waals surface area contributed by atoms with E-state index in [9.17, 15) is 0 Å². The number of nitrogens with one attached hydrogen (secondary N) is 1. The molecule has 4 heteroatoms. The summed E-state index contributed by atoms with van der Waals surface area (Å²) < 4.78 is 6.71. The van der Waals surface area contributed by atoms with Crippen molar-refractivity contribution in [2.75, 3.05) is 13.2 Å². The van der Waals surface area contributed by atoms with Gasteiger partial charge in [-0.2, -0.15) is 0 Å². The average molecular weight is 320 g/mol. The molecule has 17 heavy (non-hydrogen) atoms. The van der Waals surface area contributed by atoms with E-state index in [0.717, 1.165) is 19.6 Å². The molecule has 0 spiro atoms. The Hall–Kier alpha value is 0.1000. The first-order valence-corrected chi connectivity index (χ1v) is 7.80. The molecule has 0 amide bonds. The Kier molecular flexibility index (Phi) is 7.35. The zero-order valence-electron chi connectivity index (χ0n) is 10.8. The first-order chi connectivity index (χ1) is 8.09. The predicted molar refractivity (Wildman–Crippen MR) is 78.8 cm³/mol. The number of hydrogen-bond donors (Lipinski definition) is 1. The molecule has 0 bridgehead atoms. The van der Waals surface area contributed by atoms with Crippen LogP contribution in [0.25, 0.3) is 0 Å². The maximum atomic E-state index is 5.50. The number of hydrogen-bond acceptors (Lipinski definition) is 3. The van der Waals surface area contributed by atoms with Crippen molar-refractivity contribution in [1.29, 1.82) is 0 Å². The van der Waals surface area contributed by atoms with Gasteiger partial charge in [0.05, 0.1) is 9.89 Å². The van der Waals surface area contributed by atoms with Crippen molar-refractivity contribution in [2.24, 2.45) is 0 Å². The SMILES string of the molecule is CC(C)OCCCCNC(C)c1ccc(Br)s1. The van der Waals surface area contributed by atoms with Crippen LogP contribution in [0.5, 0.6) is 0 Å². The van der Waals surface area contributed by atoms with Gasteiger partial charge in [0, 0.05) is 17.5 Å². The number of halogens is 1. The molecule has 1 aromatic rings. The van der Waals surface area contributed by atoms with Gasteiger partial charge in [-0.25, -0.2) is 0 Å². The Labute approximate surface area is 117 Å². The fraction of sp³-hybridized carbons (Fsp3) is 0.692. The molecule has 0 saturated heterocycles. The highest BCUT2D eigenvalue weighted by Gasteiger charge is 2.06. The predicted octanol–water partition coefficient (Wildman–Crippen LogP) is 4.37. The minimum atomic E-state index is 0.352. The van der Waals surface area contributed by atoms with E-state index in [1.165, 1.54) is 15.1 Å². The fourth-order valence-electron chi connectivity index (χ4n) is 1.53.